The molecule has 0 bridgehead atoms. The van der Waals surface area contributed by atoms with E-state index in [9.17, 15) is 14.4 Å². The minimum Gasteiger partial charge on any atom is -0.211 e. The van der Waals surface area contributed by atoms with Crippen molar-refractivity contribution in [1.29, 1.82) is 0 Å². The van der Waals surface area contributed by atoms with Gasteiger partial charge >= 0.3 is 0 Å². The molecule has 6 nitrogen and oxygen atoms in total. The molecule has 0 saturated heterocycles. The average molecular weight is 303 g/mol. The summed E-state index contributed by atoms with van der Waals surface area (Å²) in [5.74, 6) is 0.714. The third-order valence-corrected chi connectivity index (χ3v) is 5.12. The summed E-state index contributed by atoms with van der Waals surface area (Å²) in [6, 6.07) is 0.152. The van der Waals surface area contributed by atoms with Crippen LogP contribution in [0.15, 0.2) is 15.0 Å². The summed E-state index contributed by atoms with van der Waals surface area (Å²) < 4.78 is 0. The van der Waals surface area contributed by atoms with Crippen LogP contribution in [0.2, 0.25) is 0 Å². The number of hydrogen-bond donors (Lipinski definition) is 0. The van der Waals surface area contributed by atoms with Gasteiger partial charge in [0.15, 0.2) is 0 Å². The minimum absolute atomic E-state index is 0.000165. The Hall–Kier alpha value is -1.86. The molecule has 0 spiro atoms. The minimum atomic E-state index is -0.000165. The summed E-state index contributed by atoms with van der Waals surface area (Å²) >= 11 is 0. The molecule has 0 atom stereocenters. The van der Waals surface area contributed by atoms with Crippen LogP contribution in [-0.2, 0) is 14.4 Å². The summed E-state index contributed by atoms with van der Waals surface area (Å²) in [6.07, 6.45) is 12.1. The zero-order valence-electron chi connectivity index (χ0n) is 12.6. The van der Waals surface area contributed by atoms with E-state index in [1.54, 1.807) is 18.2 Å². The molecule has 0 radical (unpaired) electrons. The Morgan fingerprint density at radius 2 is 1.05 bits per heavy atom. The molecule has 0 N–H and O–H groups in total. The van der Waals surface area contributed by atoms with E-state index in [0.29, 0.717) is 11.8 Å². The van der Waals surface area contributed by atoms with Gasteiger partial charge in [0.1, 0.15) is 0 Å². The summed E-state index contributed by atoms with van der Waals surface area (Å²) in [6.45, 7) is 0. The quantitative estimate of drug-likeness (QED) is 0.577. The second-order valence-corrected chi connectivity index (χ2v) is 6.29. The lowest BCUT2D eigenvalue weighted by molar-refractivity contribution is 0.192. The first-order valence-electron chi connectivity index (χ1n) is 7.99. The van der Waals surface area contributed by atoms with Crippen molar-refractivity contribution in [3.8, 4) is 0 Å². The fourth-order valence-electron chi connectivity index (χ4n) is 3.95. The number of hydrogen-bond acceptors (Lipinski definition) is 6. The average Bonchev–Trinajstić information content (AvgIpc) is 2.55. The van der Waals surface area contributed by atoms with Gasteiger partial charge in [-0.1, -0.05) is 0 Å². The highest BCUT2D eigenvalue weighted by molar-refractivity contribution is 5.34. The molecule has 2 aliphatic carbocycles. The molecule has 0 aromatic carbocycles. The molecule has 2 rings (SSSR count). The number of nitrogens with zero attached hydrogens (tertiary/aromatic N) is 3. The fourth-order valence-corrected chi connectivity index (χ4v) is 3.95. The Morgan fingerprint density at radius 3 is 1.36 bits per heavy atom. The zero-order chi connectivity index (χ0) is 15.8. The van der Waals surface area contributed by atoms with Crippen LogP contribution in [0.4, 0.5) is 0 Å². The first-order chi connectivity index (χ1) is 10.8. The van der Waals surface area contributed by atoms with E-state index in [1.165, 1.54) is 0 Å². The van der Waals surface area contributed by atoms with Crippen molar-refractivity contribution in [2.45, 2.75) is 69.5 Å². The molecular weight excluding hydrogens is 282 g/mol. The Morgan fingerprint density at radius 1 is 0.636 bits per heavy atom. The van der Waals surface area contributed by atoms with Crippen LogP contribution in [-0.4, -0.2) is 36.4 Å². The predicted molar refractivity (Wildman–Crippen MR) is 79.6 cm³/mol. The van der Waals surface area contributed by atoms with Crippen molar-refractivity contribution < 1.29 is 14.4 Å². The van der Waals surface area contributed by atoms with E-state index in [2.05, 4.69) is 15.0 Å². The highest BCUT2D eigenvalue weighted by atomic mass is 16.1. The lowest BCUT2D eigenvalue weighted by atomic mass is 9.72. The molecule has 0 aromatic heterocycles. The molecule has 22 heavy (non-hydrogen) atoms. The normalized spacial score (nSPS) is 32.7. The van der Waals surface area contributed by atoms with Crippen LogP contribution in [0.25, 0.3) is 0 Å². The summed E-state index contributed by atoms with van der Waals surface area (Å²) in [5.41, 5.74) is 0. The number of rotatable bonds is 5. The number of carbonyl (C=O) groups excluding carboxylic acids is 3. The largest absolute Gasteiger partial charge is 0.235 e. The topological polar surface area (TPSA) is 88.3 Å². The van der Waals surface area contributed by atoms with Gasteiger partial charge in [-0.2, -0.15) is 0 Å². The Balaban J connectivity index is 1.95. The Bertz CT molecular complexity index is 463. The van der Waals surface area contributed by atoms with Gasteiger partial charge < -0.3 is 0 Å². The monoisotopic (exact) mass is 303 g/mol. The van der Waals surface area contributed by atoms with E-state index in [1.807, 2.05) is 0 Å². The third kappa shape index (κ3) is 4.32. The fraction of sp³-hybridized carbons (Fsp3) is 0.812. The van der Waals surface area contributed by atoms with Gasteiger partial charge in [-0.25, -0.2) is 29.4 Å². The van der Waals surface area contributed by atoms with Gasteiger partial charge in [-0.05, 0) is 63.2 Å². The molecule has 2 fully saturated rings. The van der Waals surface area contributed by atoms with Crippen LogP contribution in [0.3, 0.4) is 0 Å². The molecule has 0 heterocycles. The van der Waals surface area contributed by atoms with Crippen LogP contribution in [0.1, 0.15) is 51.4 Å². The van der Waals surface area contributed by atoms with Gasteiger partial charge in [-0.3, -0.25) is 0 Å². The highest BCUT2D eigenvalue weighted by Crippen LogP contribution is 2.38. The van der Waals surface area contributed by atoms with Gasteiger partial charge in [-0.15, -0.1) is 0 Å². The van der Waals surface area contributed by atoms with Crippen LogP contribution >= 0.6 is 0 Å². The summed E-state index contributed by atoms with van der Waals surface area (Å²) in [5, 5.41) is 0. The second kappa shape index (κ2) is 8.55. The maximum atomic E-state index is 10.8. The lowest BCUT2D eigenvalue weighted by Gasteiger charge is -2.36. The molecule has 0 unspecified atom stereocenters. The number of aliphatic imine (C=N–C) groups is 3. The Kier molecular flexibility index (Phi) is 6.42. The Labute approximate surface area is 129 Å². The summed E-state index contributed by atoms with van der Waals surface area (Å²) in [4.78, 5) is 43.2. The third-order valence-electron chi connectivity index (χ3n) is 5.12. The molecule has 0 amide bonds. The van der Waals surface area contributed by atoms with Gasteiger partial charge in [0, 0.05) is 0 Å². The molecule has 2 saturated carbocycles. The van der Waals surface area contributed by atoms with Crippen LogP contribution in [0, 0.1) is 11.8 Å². The molecule has 118 valence electrons. The van der Waals surface area contributed by atoms with Gasteiger partial charge in [0.05, 0.1) is 18.1 Å². The molecular formula is C16H21N3O3. The predicted octanol–water partition coefficient (Wildman–Crippen LogP) is 2.48. The van der Waals surface area contributed by atoms with Crippen molar-refractivity contribution in [3.63, 3.8) is 0 Å². The summed E-state index contributed by atoms with van der Waals surface area (Å²) in [7, 11) is 0. The zero-order valence-corrected chi connectivity index (χ0v) is 12.6. The van der Waals surface area contributed by atoms with E-state index < -0.39 is 0 Å². The molecule has 0 aromatic rings. The van der Waals surface area contributed by atoms with E-state index in [0.717, 1.165) is 51.4 Å². The van der Waals surface area contributed by atoms with Crippen molar-refractivity contribution in [2.75, 3.05) is 0 Å². The van der Waals surface area contributed by atoms with Crippen LogP contribution in [0.5, 0.6) is 0 Å². The molecule has 0 aliphatic heterocycles. The van der Waals surface area contributed by atoms with Gasteiger partial charge in [0.2, 0.25) is 18.2 Å². The first-order valence-corrected chi connectivity index (χ1v) is 7.99. The maximum Gasteiger partial charge on any atom is 0.235 e. The lowest BCUT2D eigenvalue weighted by Crippen LogP contribution is -2.34. The van der Waals surface area contributed by atoms with E-state index in [4.69, 9.17) is 0 Å². The van der Waals surface area contributed by atoms with Crippen molar-refractivity contribution in [2.24, 2.45) is 26.8 Å². The molecule has 2 aliphatic rings. The smallest absolute Gasteiger partial charge is 0.211 e. The van der Waals surface area contributed by atoms with E-state index in [-0.39, 0.29) is 18.1 Å². The highest BCUT2D eigenvalue weighted by Gasteiger charge is 2.35. The number of isocyanates is 3. The van der Waals surface area contributed by atoms with E-state index >= 15 is 0 Å². The molecule has 6 heteroatoms. The first kappa shape index (κ1) is 16.5. The second-order valence-electron chi connectivity index (χ2n) is 6.29. The SMILES string of the molecule is O=C=NC1CCC(C(N=C=O)C2CCC(N=C=O)CC2)CC1. The van der Waals surface area contributed by atoms with Crippen molar-refractivity contribution in [1.82, 2.24) is 0 Å². The maximum absolute atomic E-state index is 10.8. The van der Waals surface area contributed by atoms with Gasteiger partial charge in [0.25, 0.3) is 0 Å². The van der Waals surface area contributed by atoms with Crippen LogP contribution < -0.4 is 0 Å². The van der Waals surface area contributed by atoms with Crippen molar-refractivity contribution in [3.05, 3.63) is 0 Å². The van der Waals surface area contributed by atoms with Crippen molar-refractivity contribution >= 4 is 18.2 Å². The standard InChI is InChI=1S/C16H21N3O3/c20-9-17-14-5-1-12(2-6-14)16(19-11-22)13-3-7-15(8-4-13)18-10-21/h12-16H,1-8H2.